The highest BCUT2D eigenvalue weighted by Crippen LogP contribution is 2.17. The van der Waals surface area contributed by atoms with Gasteiger partial charge in [-0.2, -0.15) is 4.31 Å². The van der Waals surface area contributed by atoms with Crippen molar-refractivity contribution >= 4 is 27.7 Å². The quantitative estimate of drug-likeness (QED) is 0.467. The molecule has 2 aromatic rings. The van der Waals surface area contributed by atoms with Crippen molar-refractivity contribution in [2.24, 2.45) is 5.92 Å². The van der Waals surface area contributed by atoms with E-state index in [0.29, 0.717) is 18.7 Å². The number of aryl methyl sites for hydroxylation is 1. The van der Waals surface area contributed by atoms with Gasteiger partial charge in [-0.1, -0.05) is 51.5 Å². The number of nitrogens with zero attached hydrogens (tertiary/aromatic N) is 1. The molecule has 2 rings (SSSR count). The summed E-state index contributed by atoms with van der Waals surface area (Å²) in [6.45, 7) is 9.51. The Morgan fingerprint density at radius 2 is 1.50 bits per heavy atom. The minimum Gasteiger partial charge on any atom is -0.340 e. The molecule has 0 aliphatic carbocycles. The fraction of sp³-hybridized carbons (Fsp3) is 0.375. The zero-order valence-electron chi connectivity index (χ0n) is 20.1. The third-order valence-corrected chi connectivity index (χ3v) is 7.33. The summed E-state index contributed by atoms with van der Waals surface area (Å²) in [6.07, 6.45) is 0. The lowest BCUT2D eigenvalue weighted by Gasteiger charge is -2.22. The molecule has 0 heterocycles. The van der Waals surface area contributed by atoms with Crippen LogP contribution in [-0.2, 0) is 14.8 Å². The van der Waals surface area contributed by atoms with Gasteiger partial charge in [0.2, 0.25) is 10.0 Å². The van der Waals surface area contributed by atoms with Gasteiger partial charge < -0.3 is 5.32 Å². The van der Waals surface area contributed by atoms with Gasteiger partial charge in [-0.15, -0.1) is 0 Å². The highest BCUT2D eigenvalue weighted by molar-refractivity contribution is 7.89. The van der Waals surface area contributed by atoms with Crippen LogP contribution in [0, 0.1) is 12.8 Å². The van der Waals surface area contributed by atoms with Gasteiger partial charge >= 0.3 is 0 Å². The van der Waals surface area contributed by atoms with E-state index in [9.17, 15) is 22.8 Å². The molecule has 184 valence electrons. The van der Waals surface area contributed by atoms with E-state index in [4.69, 9.17) is 0 Å². The summed E-state index contributed by atoms with van der Waals surface area (Å²) in [7, 11) is -3.74. The Morgan fingerprint density at radius 3 is 2.06 bits per heavy atom. The number of rotatable bonds is 9. The first-order valence-corrected chi connectivity index (χ1v) is 12.5. The molecular weight excluding hydrogens is 456 g/mol. The molecular formula is C24H32N4O5S. The molecule has 0 aliphatic rings. The maximum atomic E-state index is 12.7. The number of amides is 3. The summed E-state index contributed by atoms with van der Waals surface area (Å²) < 4.78 is 26.7. The summed E-state index contributed by atoms with van der Waals surface area (Å²) in [5.41, 5.74) is 6.10. The standard InChI is InChI=1S/C24H32N4O5S/c1-6-28(7-2)34(32,33)20-10-8-9-19(15-20)23(30)26-27-24(31)21(16(3)4)25-22(29)18-13-11-17(5)12-14-18/h8-16,21H,6-7H2,1-5H3,(H,25,29)(H,26,30)(H,27,31)/t21-/m0/s1. The van der Waals surface area contributed by atoms with Gasteiger partial charge in [0.15, 0.2) is 0 Å². The molecule has 0 aromatic heterocycles. The van der Waals surface area contributed by atoms with E-state index >= 15 is 0 Å². The average Bonchev–Trinajstić information content (AvgIpc) is 2.81. The Kier molecular flexibility index (Phi) is 9.34. The number of sulfonamides is 1. The lowest BCUT2D eigenvalue weighted by atomic mass is 10.0. The predicted molar refractivity (Wildman–Crippen MR) is 129 cm³/mol. The highest BCUT2D eigenvalue weighted by Gasteiger charge is 2.26. The molecule has 2 aromatic carbocycles. The second kappa shape index (κ2) is 11.8. The summed E-state index contributed by atoms with van der Waals surface area (Å²) in [4.78, 5) is 37.8. The van der Waals surface area contributed by atoms with Gasteiger partial charge in [0.1, 0.15) is 6.04 Å². The van der Waals surface area contributed by atoms with E-state index < -0.39 is 33.8 Å². The molecule has 1 atom stereocenters. The number of nitrogens with one attached hydrogen (secondary N) is 3. The van der Waals surface area contributed by atoms with Crippen molar-refractivity contribution in [1.82, 2.24) is 20.5 Å². The maximum Gasteiger partial charge on any atom is 0.269 e. The molecule has 0 saturated carbocycles. The van der Waals surface area contributed by atoms with Crippen LogP contribution < -0.4 is 16.2 Å². The number of carbonyl (C=O) groups is 3. The van der Waals surface area contributed by atoms with Gasteiger partial charge in [-0.25, -0.2) is 8.42 Å². The number of hydrogen-bond acceptors (Lipinski definition) is 5. The van der Waals surface area contributed by atoms with Crippen LogP contribution in [0.3, 0.4) is 0 Å². The fourth-order valence-corrected chi connectivity index (χ4v) is 4.75. The summed E-state index contributed by atoms with van der Waals surface area (Å²) in [5, 5.41) is 2.68. The van der Waals surface area contributed by atoms with E-state index in [1.165, 1.54) is 28.6 Å². The molecule has 0 spiro atoms. The third-order valence-electron chi connectivity index (χ3n) is 5.29. The smallest absolute Gasteiger partial charge is 0.269 e. The van der Waals surface area contributed by atoms with E-state index in [0.717, 1.165) is 5.56 Å². The van der Waals surface area contributed by atoms with E-state index in [2.05, 4.69) is 16.2 Å². The van der Waals surface area contributed by atoms with Crippen molar-refractivity contribution in [3.8, 4) is 0 Å². The predicted octanol–water partition coefficient (Wildman–Crippen LogP) is 2.24. The second-order valence-corrected chi connectivity index (χ2v) is 10.1. The molecule has 3 N–H and O–H groups in total. The SMILES string of the molecule is CCN(CC)S(=O)(=O)c1cccc(C(=O)NNC(=O)[C@@H](NC(=O)c2ccc(C)cc2)C(C)C)c1. The van der Waals surface area contributed by atoms with Crippen molar-refractivity contribution in [2.45, 2.75) is 45.6 Å². The van der Waals surface area contributed by atoms with Crippen LogP contribution in [0.1, 0.15) is 54.0 Å². The first-order valence-electron chi connectivity index (χ1n) is 11.1. The normalized spacial score (nSPS) is 12.3. The van der Waals surface area contributed by atoms with Crippen LogP contribution in [0.2, 0.25) is 0 Å². The van der Waals surface area contributed by atoms with Crippen LogP contribution in [0.25, 0.3) is 0 Å². The van der Waals surface area contributed by atoms with Crippen molar-refractivity contribution in [2.75, 3.05) is 13.1 Å². The lowest BCUT2D eigenvalue weighted by molar-refractivity contribution is -0.124. The summed E-state index contributed by atoms with van der Waals surface area (Å²) in [5.74, 6) is -1.95. The van der Waals surface area contributed by atoms with Crippen LogP contribution in [0.15, 0.2) is 53.4 Å². The highest BCUT2D eigenvalue weighted by atomic mass is 32.2. The maximum absolute atomic E-state index is 12.7. The number of hydrogen-bond donors (Lipinski definition) is 3. The zero-order valence-corrected chi connectivity index (χ0v) is 20.9. The zero-order chi connectivity index (χ0) is 25.5. The molecule has 9 nitrogen and oxygen atoms in total. The molecule has 34 heavy (non-hydrogen) atoms. The molecule has 0 fully saturated rings. The number of carbonyl (C=O) groups excluding carboxylic acids is 3. The van der Waals surface area contributed by atoms with Crippen molar-refractivity contribution in [3.63, 3.8) is 0 Å². The minimum absolute atomic E-state index is 0.0133. The van der Waals surface area contributed by atoms with Crippen molar-refractivity contribution < 1.29 is 22.8 Å². The van der Waals surface area contributed by atoms with Gasteiger partial charge in [-0.3, -0.25) is 25.2 Å². The van der Waals surface area contributed by atoms with Crippen LogP contribution in [-0.4, -0.2) is 49.6 Å². The van der Waals surface area contributed by atoms with Crippen LogP contribution >= 0.6 is 0 Å². The second-order valence-electron chi connectivity index (χ2n) is 8.12. The Hall–Kier alpha value is -3.24. The fourth-order valence-electron chi connectivity index (χ4n) is 3.24. The molecule has 0 saturated heterocycles. The lowest BCUT2D eigenvalue weighted by Crippen LogP contribution is -2.54. The van der Waals surface area contributed by atoms with Crippen molar-refractivity contribution in [1.29, 1.82) is 0 Å². The Labute approximate surface area is 200 Å². The molecule has 0 bridgehead atoms. The molecule has 0 radical (unpaired) electrons. The molecule has 10 heteroatoms. The van der Waals surface area contributed by atoms with Crippen LogP contribution in [0.5, 0.6) is 0 Å². The molecule has 3 amide bonds. The topological polar surface area (TPSA) is 125 Å². The van der Waals surface area contributed by atoms with E-state index in [1.54, 1.807) is 52.0 Å². The first-order chi connectivity index (χ1) is 16.0. The minimum atomic E-state index is -3.74. The van der Waals surface area contributed by atoms with Gasteiger partial charge in [-0.05, 0) is 43.2 Å². The summed E-state index contributed by atoms with van der Waals surface area (Å²) >= 11 is 0. The molecule has 0 unspecified atom stereocenters. The van der Waals surface area contributed by atoms with E-state index in [-0.39, 0.29) is 16.4 Å². The Balaban J connectivity index is 2.08. The largest absolute Gasteiger partial charge is 0.340 e. The average molecular weight is 489 g/mol. The Morgan fingerprint density at radius 1 is 0.882 bits per heavy atom. The monoisotopic (exact) mass is 488 g/mol. The Bertz CT molecular complexity index is 1130. The molecule has 0 aliphatic heterocycles. The van der Waals surface area contributed by atoms with E-state index in [1.807, 2.05) is 6.92 Å². The van der Waals surface area contributed by atoms with Crippen molar-refractivity contribution in [3.05, 3.63) is 65.2 Å². The number of benzene rings is 2. The van der Waals surface area contributed by atoms with Gasteiger partial charge in [0, 0.05) is 24.2 Å². The third kappa shape index (κ3) is 6.64. The number of hydrazine groups is 1. The first kappa shape index (κ1) is 27.0. The van der Waals surface area contributed by atoms with Gasteiger partial charge in [0.25, 0.3) is 17.7 Å². The van der Waals surface area contributed by atoms with Gasteiger partial charge in [0.05, 0.1) is 4.90 Å². The summed E-state index contributed by atoms with van der Waals surface area (Å²) in [6, 6.07) is 11.6. The van der Waals surface area contributed by atoms with Crippen LogP contribution in [0.4, 0.5) is 0 Å².